The summed E-state index contributed by atoms with van der Waals surface area (Å²) in [5.74, 6) is -33.7. The molecule has 0 radical (unpaired) electrons. The molecule has 0 aliphatic carbocycles. The third-order valence-electron chi connectivity index (χ3n) is 6.51. The SMILES string of the molecule is O=S(=O)(OS(c1ccccc1)(c1ccc(C(F)(F)F)cc1)c1ccc(C(F)(F)F)cc1)C(F)(F)C(F)(F)C(F)(F)C(F)(F)C(F)(F)C(F)(F)F. The highest BCUT2D eigenvalue weighted by Crippen LogP contribution is 2.72. The van der Waals surface area contributed by atoms with Gasteiger partial charge in [0.1, 0.15) is 0 Å². The molecular formula is C26H13F19O3S2. The summed E-state index contributed by atoms with van der Waals surface area (Å²) in [6, 6.07) is 5.36. The predicted octanol–water partition coefficient (Wildman–Crippen LogP) is 11.0. The average Bonchev–Trinajstić information content (AvgIpc) is 2.98. The minimum absolute atomic E-state index is 0.0841. The lowest BCUT2D eigenvalue weighted by molar-refractivity contribution is -0.433. The van der Waals surface area contributed by atoms with Gasteiger partial charge in [-0.1, -0.05) is 18.2 Å². The fraction of sp³-hybridized carbons (Fsp3) is 0.308. The molecular weight excluding hydrogens is 785 g/mol. The first kappa shape index (κ1) is 41.0. The third-order valence-corrected chi connectivity index (χ3v) is 11.7. The molecule has 0 spiro atoms. The number of hydrogen-bond acceptors (Lipinski definition) is 3. The van der Waals surface area contributed by atoms with E-state index in [2.05, 4.69) is 3.63 Å². The van der Waals surface area contributed by atoms with Crippen LogP contribution in [0.2, 0.25) is 0 Å². The minimum atomic E-state index is -8.59. The second-order valence-electron chi connectivity index (χ2n) is 9.75. The molecule has 0 unspecified atom stereocenters. The lowest BCUT2D eigenvalue weighted by atomic mass is 9.98. The van der Waals surface area contributed by atoms with Crippen molar-refractivity contribution in [2.45, 2.75) is 62.2 Å². The normalized spacial score (nSPS) is 15.3. The molecule has 3 nitrogen and oxygen atoms in total. The van der Waals surface area contributed by atoms with Gasteiger partial charge in [-0.05, 0) is 71.0 Å². The van der Waals surface area contributed by atoms with Gasteiger partial charge < -0.3 is 0 Å². The lowest BCUT2D eigenvalue weighted by Gasteiger charge is -2.42. The van der Waals surface area contributed by atoms with Crippen molar-refractivity contribution in [3.8, 4) is 0 Å². The van der Waals surface area contributed by atoms with Gasteiger partial charge in [0.2, 0.25) is 0 Å². The van der Waals surface area contributed by atoms with Gasteiger partial charge in [-0.3, -0.25) is 0 Å². The summed E-state index contributed by atoms with van der Waals surface area (Å²) >= 11 is 0. The molecule has 0 aliphatic rings. The molecule has 24 heteroatoms. The molecule has 0 saturated carbocycles. The van der Waals surface area contributed by atoms with Crippen LogP contribution >= 0.6 is 10.3 Å². The predicted molar refractivity (Wildman–Crippen MR) is 133 cm³/mol. The van der Waals surface area contributed by atoms with Gasteiger partial charge in [-0.15, -0.1) is 0 Å². The molecule has 3 aromatic carbocycles. The second kappa shape index (κ2) is 12.4. The van der Waals surface area contributed by atoms with Crippen LogP contribution in [0.25, 0.3) is 0 Å². The molecule has 0 N–H and O–H groups in total. The van der Waals surface area contributed by atoms with Crippen molar-refractivity contribution < 1.29 is 95.5 Å². The van der Waals surface area contributed by atoms with E-state index in [-0.39, 0.29) is 48.5 Å². The maximum Gasteiger partial charge on any atom is 0.460 e. The summed E-state index contributed by atoms with van der Waals surface area (Å²) in [5.41, 5.74) is -3.16. The van der Waals surface area contributed by atoms with Crippen LogP contribution in [0.1, 0.15) is 11.1 Å². The van der Waals surface area contributed by atoms with Gasteiger partial charge >= 0.3 is 57.6 Å². The standard InChI is InChI=1S/C26H13F19O3S2/c27-19(28,29)14-6-10-17(11-7-14)49(16-4-2-1-3-5-16,18-12-8-15(9-13-18)20(30,31)32)48-50(46,47)26(44,45)24(39,40)22(35,36)21(33,34)23(37,38)25(41,42)43/h1-13H. The molecule has 0 fully saturated rings. The fourth-order valence-electron chi connectivity index (χ4n) is 3.90. The topological polar surface area (TPSA) is 43.4 Å². The van der Waals surface area contributed by atoms with Gasteiger partial charge in [0, 0.05) is 14.7 Å². The summed E-state index contributed by atoms with van der Waals surface area (Å²) in [7, 11) is -13.2. The van der Waals surface area contributed by atoms with E-state index in [1.54, 1.807) is 0 Å². The second-order valence-corrected chi connectivity index (χ2v) is 14.2. The van der Waals surface area contributed by atoms with Gasteiger partial charge in [0.15, 0.2) is 0 Å². The molecule has 0 heterocycles. The highest BCUT2D eigenvalue weighted by atomic mass is 32.3. The molecule has 280 valence electrons. The maximum atomic E-state index is 15.1. The number of hydrogen-bond donors (Lipinski definition) is 0. The Hall–Kier alpha value is -3.41. The molecule has 3 rings (SSSR count). The summed E-state index contributed by atoms with van der Waals surface area (Å²) in [6.45, 7) is 0. The van der Waals surface area contributed by atoms with Crippen LogP contribution in [-0.4, -0.2) is 43.5 Å². The Labute approximate surface area is 268 Å². The van der Waals surface area contributed by atoms with Crippen LogP contribution in [0.15, 0.2) is 93.5 Å². The summed E-state index contributed by atoms with van der Waals surface area (Å²) < 4.78 is 290. The monoisotopic (exact) mass is 798 g/mol. The Kier molecular flexibility index (Phi) is 10.2. The minimum Gasteiger partial charge on any atom is -0.202 e. The van der Waals surface area contributed by atoms with E-state index < -0.39 is 93.7 Å². The van der Waals surface area contributed by atoms with Gasteiger partial charge in [0.05, 0.1) is 11.1 Å². The van der Waals surface area contributed by atoms with E-state index in [0.29, 0.717) is 12.1 Å². The van der Waals surface area contributed by atoms with Crippen molar-refractivity contribution in [2.24, 2.45) is 0 Å². The quantitative estimate of drug-likeness (QED) is 0.192. The van der Waals surface area contributed by atoms with Crippen LogP contribution in [0.4, 0.5) is 83.4 Å². The van der Waals surface area contributed by atoms with E-state index in [0.717, 1.165) is 18.2 Å². The van der Waals surface area contributed by atoms with Crippen molar-refractivity contribution in [3.05, 3.63) is 90.0 Å². The number of rotatable bonds is 10. The Morgan fingerprint density at radius 3 is 1.04 bits per heavy atom. The van der Waals surface area contributed by atoms with Gasteiger partial charge in [0.25, 0.3) is 0 Å². The van der Waals surface area contributed by atoms with Crippen LogP contribution in [0.3, 0.4) is 0 Å². The zero-order valence-electron chi connectivity index (χ0n) is 23.2. The Balaban J connectivity index is 2.41. The summed E-state index contributed by atoms with van der Waals surface area (Å²) in [4.78, 5) is -3.12. The van der Waals surface area contributed by atoms with E-state index in [1.165, 1.54) is 0 Å². The smallest absolute Gasteiger partial charge is 0.202 e. The van der Waals surface area contributed by atoms with Crippen molar-refractivity contribution in [1.29, 1.82) is 0 Å². The van der Waals surface area contributed by atoms with Crippen molar-refractivity contribution in [1.82, 2.24) is 0 Å². The van der Waals surface area contributed by atoms with Gasteiger partial charge in [-0.25, -0.2) is 3.63 Å². The van der Waals surface area contributed by atoms with Crippen molar-refractivity contribution >= 4 is 20.4 Å². The summed E-state index contributed by atoms with van der Waals surface area (Å²) in [5, 5.41) is -7.92. The number of benzene rings is 3. The molecule has 0 saturated heterocycles. The van der Waals surface area contributed by atoms with Gasteiger partial charge in [-0.2, -0.15) is 91.8 Å². The first-order chi connectivity index (χ1) is 22.2. The molecule has 0 aromatic heterocycles. The first-order valence-electron chi connectivity index (χ1n) is 12.4. The first-order valence-corrected chi connectivity index (χ1v) is 15.3. The van der Waals surface area contributed by atoms with Crippen LogP contribution in [-0.2, 0) is 26.1 Å². The van der Waals surface area contributed by atoms with Crippen LogP contribution < -0.4 is 0 Å². The molecule has 0 bridgehead atoms. The molecule has 50 heavy (non-hydrogen) atoms. The summed E-state index contributed by atoms with van der Waals surface area (Å²) in [6.07, 6.45) is -18.2. The highest BCUT2D eigenvalue weighted by Gasteiger charge is 2.93. The van der Waals surface area contributed by atoms with Crippen molar-refractivity contribution in [2.75, 3.05) is 0 Å². The van der Waals surface area contributed by atoms with Crippen molar-refractivity contribution in [3.63, 3.8) is 0 Å². The Morgan fingerprint density at radius 2 is 0.720 bits per heavy atom. The average molecular weight is 798 g/mol. The van der Waals surface area contributed by atoms with E-state index in [1.807, 2.05) is 0 Å². The zero-order valence-corrected chi connectivity index (χ0v) is 24.9. The lowest BCUT2D eigenvalue weighted by Crippen LogP contribution is -2.71. The Bertz CT molecular complexity index is 1710. The molecule has 3 aromatic rings. The fourth-order valence-corrected chi connectivity index (χ4v) is 9.10. The zero-order chi connectivity index (χ0) is 38.8. The largest absolute Gasteiger partial charge is 0.460 e. The molecule has 0 atom stereocenters. The van der Waals surface area contributed by atoms with E-state index >= 15 is 8.78 Å². The molecule has 0 amide bonds. The number of halogens is 19. The molecule has 0 aliphatic heterocycles. The Morgan fingerprint density at radius 1 is 0.400 bits per heavy atom. The van der Waals surface area contributed by atoms with E-state index in [4.69, 9.17) is 0 Å². The number of alkyl halides is 19. The van der Waals surface area contributed by atoms with Crippen LogP contribution in [0, 0.1) is 0 Å². The third kappa shape index (κ3) is 6.45. The van der Waals surface area contributed by atoms with E-state index in [9.17, 15) is 83.1 Å². The van der Waals surface area contributed by atoms with Crippen LogP contribution in [0.5, 0.6) is 0 Å². The highest BCUT2D eigenvalue weighted by molar-refractivity contribution is 8.33. The maximum absolute atomic E-state index is 15.1.